The topological polar surface area (TPSA) is 67.4 Å². The van der Waals surface area contributed by atoms with Gasteiger partial charge in [-0.2, -0.15) is 0 Å². The molecule has 0 unspecified atom stereocenters. The first-order valence-electron chi connectivity index (χ1n) is 6.51. The lowest BCUT2D eigenvalue weighted by molar-refractivity contribution is -0.113. The van der Waals surface area contributed by atoms with Gasteiger partial charge in [-0.25, -0.2) is 4.79 Å². The first-order chi connectivity index (χ1) is 8.32. The Bertz CT molecular complexity index is 335. The van der Waals surface area contributed by atoms with Crippen LogP contribution in [0.25, 0.3) is 0 Å². The van der Waals surface area contributed by atoms with Gasteiger partial charge in [0.2, 0.25) is 6.41 Å². The van der Waals surface area contributed by atoms with Gasteiger partial charge in [-0.15, -0.1) is 0 Å². The van der Waals surface area contributed by atoms with E-state index in [4.69, 9.17) is 4.74 Å². The van der Waals surface area contributed by atoms with Crippen LogP contribution < -0.4 is 10.6 Å². The first-order valence-corrected chi connectivity index (χ1v) is 6.51. The maximum Gasteiger partial charge on any atom is 0.407 e. The molecule has 2 saturated carbocycles. The number of amides is 2. The smallest absolute Gasteiger partial charge is 0.407 e. The van der Waals surface area contributed by atoms with E-state index in [1.54, 1.807) is 0 Å². The van der Waals surface area contributed by atoms with Gasteiger partial charge in [0, 0.05) is 12.1 Å². The second-order valence-corrected chi connectivity index (χ2v) is 6.64. The highest BCUT2D eigenvalue weighted by Crippen LogP contribution is 2.55. The highest BCUT2D eigenvalue weighted by molar-refractivity contribution is 5.68. The van der Waals surface area contributed by atoms with Gasteiger partial charge < -0.3 is 15.4 Å². The van der Waals surface area contributed by atoms with Crippen LogP contribution in [-0.2, 0) is 9.53 Å². The fourth-order valence-electron chi connectivity index (χ4n) is 3.09. The Morgan fingerprint density at radius 2 is 1.78 bits per heavy atom. The second-order valence-electron chi connectivity index (χ2n) is 6.64. The Kier molecular flexibility index (Phi) is 3.25. The first kappa shape index (κ1) is 13.2. The van der Waals surface area contributed by atoms with Crippen LogP contribution in [0.3, 0.4) is 0 Å². The van der Waals surface area contributed by atoms with Gasteiger partial charge in [-0.05, 0) is 51.9 Å². The summed E-state index contributed by atoms with van der Waals surface area (Å²) in [6, 6.07) is 0.571. The Hall–Kier alpha value is -1.26. The van der Waals surface area contributed by atoms with Crippen LogP contribution in [-0.4, -0.2) is 30.2 Å². The molecule has 2 aliphatic rings. The van der Waals surface area contributed by atoms with Crippen LogP contribution in [0.5, 0.6) is 0 Å². The molecule has 0 atom stereocenters. The third-order valence-corrected chi connectivity index (χ3v) is 3.74. The molecular formula is C13H22N2O3. The molecule has 2 N–H and O–H groups in total. The number of alkyl carbamates (subject to hydrolysis) is 1. The molecule has 1 spiro atoms. The van der Waals surface area contributed by atoms with Crippen molar-refractivity contribution in [3.63, 3.8) is 0 Å². The van der Waals surface area contributed by atoms with E-state index in [9.17, 15) is 9.59 Å². The van der Waals surface area contributed by atoms with Crippen molar-refractivity contribution in [2.75, 3.05) is 0 Å². The number of rotatable bonds is 3. The van der Waals surface area contributed by atoms with Crippen LogP contribution in [0.2, 0.25) is 0 Å². The molecule has 0 saturated heterocycles. The third-order valence-electron chi connectivity index (χ3n) is 3.74. The quantitative estimate of drug-likeness (QED) is 0.751. The molecule has 2 aliphatic carbocycles. The molecule has 2 fully saturated rings. The predicted octanol–water partition coefficient (Wildman–Crippen LogP) is 1.57. The van der Waals surface area contributed by atoms with Crippen molar-refractivity contribution in [2.24, 2.45) is 5.41 Å². The zero-order valence-corrected chi connectivity index (χ0v) is 11.3. The van der Waals surface area contributed by atoms with E-state index >= 15 is 0 Å². The zero-order chi connectivity index (χ0) is 13.4. The van der Waals surface area contributed by atoms with E-state index in [1.165, 1.54) is 0 Å². The SMILES string of the molecule is CC(C)(C)OC(=O)NC1CC2(CC(NC=O)C2)C1. The number of hydrogen-bond acceptors (Lipinski definition) is 3. The molecule has 0 aromatic rings. The minimum atomic E-state index is -0.443. The van der Waals surface area contributed by atoms with E-state index in [2.05, 4.69) is 10.6 Å². The predicted molar refractivity (Wildman–Crippen MR) is 67.0 cm³/mol. The highest BCUT2D eigenvalue weighted by atomic mass is 16.6. The average molecular weight is 254 g/mol. The monoisotopic (exact) mass is 254 g/mol. The summed E-state index contributed by atoms with van der Waals surface area (Å²) in [6.45, 7) is 5.57. The molecule has 0 bridgehead atoms. The minimum absolute atomic E-state index is 0.233. The summed E-state index contributed by atoms with van der Waals surface area (Å²) < 4.78 is 5.21. The molecular weight excluding hydrogens is 232 g/mol. The summed E-state index contributed by atoms with van der Waals surface area (Å²) >= 11 is 0. The fourth-order valence-corrected chi connectivity index (χ4v) is 3.09. The van der Waals surface area contributed by atoms with Crippen molar-refractivity contribution < 1.29 is 14.3 Å². The Balaban J connectivity index is 1.65. The molecule has 0 radical (unpaired) electrons. The van der Waals surface area contributed by atoms with Crippen molar-refractivity contribution in [2.45, 2.75) is 64.1 Å². The number of carbonyl (C=O) groups excluding carboxylic acids is 2. The lowest BCUT2D eigenvalue weighted by Gasteiger charge is -2.57. The molecule has 2 rings (SSSR count). The number of carbonyl (C=O) groups is 2. The summed E-state index contributed by atoms with van der Waals surface area (Å²) in [5.74, 6) is 0. The fraction of sp³-hybridized carbons (Fsp3) is 0.846. The van der Waals surface area contributed by atoms with E-state index in [-0.39, 0.29) is 12.1 Å². The van der Waals surface area contributed by atoms with Crippen LogP contribution in [0.4, 0.5) is 4.79 Å². The molecule has 5 heteroatoms. The van der Waals surface area contributed by atoms with Crippen molar-refractivity contribution in [1.29, 1.82) is 0 Å². The summed E-state index contributed by atoms with van der Waals surface area (Å²) in [5, 5.41) is 5.69. The number of ether oxygens (including phenoxy) is 1. The van der Waals surface area contributed by atoms with Gasteiger partial charge in [0.25, 0.3) is 0 Å². The maximum atomic E-state index is 11.6. The van der Waals surface area contributed by atoms with Crippen molar-refractivity contribution >= 4 is 12.5 Å². The molecule has 0 aromatic carbocycles. The van der Waals surface area contributed by atoms with Gasteiger partial charge in [0.05, 0.1) is 0 Å². The summed E-state index contributed by atoms with van der Waals surface area (Å²) in [4.78, 5) is 21.8. The van der Waals surface area contributed by atoms with E-state index in [0.29, 0.717) is 11.5 Å². The molecule has 2 amide bonds. The van der Waals surface area contributed by atoms with Crippen molar-refractivity contribution in [1.82, 2.24) is 10.6 Å². The standard InChI is InChI=1S/C13H22N2O3/c1-12(2,3)18-11(17)15-10-6-13(7-10)4-9(5-13)14-8-16/h8-10H,4-7H2,1-3H3,(H,14,16)(H,15,17). The van der Waals surface area contributed by atoms with Gasteiger partial charge in [0.1, 0.15) is 5.60 Å². The van der Waals surface area contributed by atoms with Crippen LogP contribution in [0, 0.1) is 5.41 Å². The Morgan fingerprint density at radius 3 is 2.28 bits per heavy atom. The summed E-state index contributed by atoms with van der Waals surface area (Å²) in [6.07, 6.45) is 4.53. The Morgan fingerprint density at radius 1 is 1.22 bits per heavy atom. The molecule has 0 aromatic heterocycles. The molecule has 18 heavy (non-hydrogen) atoms. The van der Waals surface area contributed by atoms with Gasteiger partial charge in [-0.1, -0.05) is 0 Å². The highest BCUT2D eigenvalue weighted by Gasteiger charge is 2.53. The van der Waals surface area contributed by atoms with Crippen LogP contribution >= 0.6 is 0 Å². The average Bonchev–Trinajstić information content (AvgIpc) is 2.07. The molecule has 5 nitrogen and oxygen atoms in total. The van der Waals surface area contributed by atoms with E-state index < -0.39 is 5.60 Å². The lowest BCUT2D eigenvalue weighted by Crippen LogP contribution is -2.60. The van der Waals surface area contributed by atoms with Gasteiger partial charge >= 0.3 is 6.09 Å². The summed E-state index contributed by atoms with van der Waals surface area (Å²) in [5.41, 5.74) is -0.0820. The van der Waals surface area contributed by atoms with Crippen LogP contribution in [0.15, 0.2) is 0 Å². The van der Waals surface area contributed by atoms with Gasteiger partial charge in [0.15, 0.2) is 0 Å². The molecule has 102 valence electrons. The van der Waals surface area contributed by atoms with E-state index in [1.807, 2.05) is 20.8 Å². The van der Waals surface area contributed by atoms with Crippen molar-refractivity contribution in [3.8, 4) is 0 Å². The molecule has 0 aliphatic heterocycles. The largest absolute Gasteiger partial charge is 0.444 e. The van der Waals surface area contributed by atoms with Crippen LogP contribution in [0.1, 0.15) is 46.5 Å². The summed E-state index contributed by atoms with van der Waals surface area (Å²) in [7, 11) is 0. The normalized spacial score (nSPS) is 34.2. The van der Waals surface area contributed by atoms with Gasteiger partial charge in [-0.3, -0.25) is 4.79 Å². The maximum absolute atomic E-state index is 11.6. The zero-order valence-electron chi connectivity index (χ0n) is 11.3. The lowest BCUT2D eigenvalue weighted by atomic mass is 9.52. The van der Waals surface area contributed by atoms with Crippen molar-refractivity contribution in [3.05, 3.63) is 0 Å². The molecule has 0 heterocycles. The Labute approximate surface area is 108 Å². The third kappa shape index (κ3) is 2.94. The van der Waals surface area contributed by atoms with E-state index in [0.717, 1.165) is 32.1 Å². The minimum Gasteiger partial charge on any atom is -0.444 e. The number of nitrogens with one attached hydrogen (secondary N) is 2. The number of hydrogen-bond donors (Lipinski definition) is 2. The second kappa shape index (κ2) is 4.44.